The largest absolute Gasteiger partial charge is 0.462 e. The molecule has 0 aliphatic carbocycles. The Hall–Kier alpha value is -1.46. The fraction of sp³-hybridized carbons (Fsp3) is 0.308. The summed E-state index contributed by atoms with van der Waals surface area (Å²) in [4.78, 5) is 20.3. The van der Waals surface area contributed by atoms with Crippen LogP contribution in [0.1, 0.15) is 28.5 Å². The molecule has 0 atom stereocenters. The van der Waals surface area contributed by atoms with Gasteiger partial charge in [0.05, 0.1) is 18.2 Å². The number of aryl methyl sites for hydroxylation is 1. The maximum atomic E-state index is 11.7. The van der Waals surface area contributed by atoms with Crippen LogP contribution in [-0.2, 0) is 10.6 Å². The zero-order chi connectivity index (χ0) is 13.8. The number of ether oxygens (including phenoxy) is 1. The SMILES string of the molecule is CCOC(=O)c1cnc(-c2cscc2C)nc1CCl. The Kier molecular flexibility index (Phi) is 4.50. The Bertz CT molecular complexity index is 598. The van der Waals surface area contributed by atoms with Crippen molar-refractivity contribution in [2.45, 2.75) is 19.7 Å². The number of aromatic nitrogens is 2. The van der Waals surface area contributed by atoms with Gasteiger partial charge < -0.3 is 4.74 Å². The third-order valence-corrected chi connectivity index (χ3v) is 3.70. The molecule has 2 heterocycles. The molecule has 0 aromatic carbocycles. The van der Waals surface area contributed by atoms with Crippen molar-refractivity contribution in [3.63, 3.8) is 0 Å². The molecule has 4 nitrogen and oxygen atoms in total. The predicted octanol–water partition coefficient (Wildman–Crippen LogP) is 3.43. The lowest BCUT2D eigenvalue weighted by Gasteiger charge is -2.07. The maximum Gasteiger partial charge on any atom is 0.341 e. The number of hydrogen-bond donors (Lipinski definition) is 0. The van der Waals surface area contributed by atoms with E-state index in [1.807, 2.05) is 17.7 Å². The van der Waals surface area contributed by atoms with E-state index in [-0.39, 0.29) is 5.88 Å². The number of carbonyl (C=O) groups excluding carboxylic acids is 1. The summed E-state index contributed by atoms with van der Waals surface area (Å²) in [5, 5.41) is 4.00. The molecule has 0 bridgehead atoms. The van der Waals surface area contributed by atoms with Crippen LogP contribution < -0.4 is 0 Å². The number of esters is 1. The predicted molar refractivity (Wildman–Crippen MR) is 75.6 cm³/mol. The second-order valence-corrected chi connectivity index (χ2v) is 4.89. The molecule has 0 amide bonds. The first kappa shape index (κ1) is 14.0. The van der Waals surface area contributed by atoms with Gasteiger partial charge in [-0.1, -0.05) is 0 Å². The van der Waals surface area contributed by atoms with Gasteiger partial charge in [0.25, 0.3) is 0 Å². The van der Waals surface area contributed by atoms with Crippen LogP contribution >= 0.6 is 22.9 Å². The lowest BCUT2D eigenvalue weighted by atomic mass is 10.2. The summed E-state index contributed by atoms with van der Waals surface area (Å²) in [7, 11) is 0. The number of hydrogen-bond acceptors (Lipinski definition) is 5. The fourth-order valence-electron chi connectivity index (χ4n) is 1.62. The molecular formula is C13H13ClN2O2S. The van der Waals surface area contributed by atoms with Crippen molar-refractivity contribution in [3.8, 4) is 11.4 Å². The zero-order valence-electron chi connectivity index (χ0n) is 10.6. The first-order valence-electron chi connectivity index (χ1n) is 5.79. The van der Waals surface area contributed by atoms with Crippen LogP contribution in [0.15, 0.2) is 17.0 Å². The number of alkyl halides is 1. The van der Waals surface area contributed by atoms with E-state index in [9.17, 15) is 4.79 Å². The summed E-state index contributed by atoms with van der Waals surface area (Å²) in [5.74, 6) is 0.293. The van der Waals surface area contributed by atoms with E-state index in [1.54, 1.807) is 18.3 Å². The van der Waals surface area contributed by atoms with Crippen molar-refractivity contribution in [2.24, 2.45) is 0 Å². The highest BCUT2D eigenvalue weighted by Crippen LogP contribution is 2.24. The minimum absolute atomic E-state index is 0.146. The van der Waals surface area contributed by atoms with Gasteiger partial charge in [-0.25, -0.2) is 14.8 Å². The van der Waals surface area contributed by atoms with Gasteiger partial charge in [-0.05, 0) is 24.8 Å². The molecule has 2 aromatic rings. The first-order chi connectivity index (χ1) is 9.17. The Morgan fingerprint density at radius 2 is 2.26 bits per heavy atom. The van der Waals surface area contributed by atoms with Gasteiger partial charge in [0.1, 0.15) is 5.56 Å². The van der Waals surface area contributed by atoms with E-state index < -0.39 is 5.97 Å². The number of carbonyl (C=O) groups is 1. The van der Waals surface area contributed by atoms with Gasteiger partial charge in [-0.15, -0.1) is 11.6 Å². The van der Waals surface area contributed by atoms with E-state index in [1.165, 1.54) is 6.20 Å². The summed E-state index contributed by atoms with van der Waals surface area (Å²) < 4.78 is 4.95. The number of nitrogens with zero attached hydrogens (tertiary/aromatic N) is 2. The molecule has 0 radical (unpaired) electrons. The van der Waals surface area contributed by atoms with Crippen LogP contribution in [0.3, 0.4) is 0 Å². The van der Waals surface area contributed by atoms with Crippen LogP contribution in [-0.4, -0.2) is 22.5 Å². The molecule has 0 saturated heterocycles. The minimum atomic E-state index is -0.438. The summed E-state index contributed by atoms with van der Waals surface area (Å²) in [6.45, 7) is 4.06. The molecule has 0 spiro atoms. The van der Waals surface area contributed by atoms with Gasteiger partial charge in [0.15, 0.2) is 5.82 Å². The van der Waals surface area contributed by atoms with E-state index in [2.05, 4.69) is 9.97 Å². The lowest BCUT2D eigenvalue weighted by molar-refractivity contribution is 0.0524. The Balaban J connectivity index is 2.42. The van der Waals surface area contributed by atoms with Gasteiger partial charge in [-0.3, -0.25) is 0 Å². The van der Waals surface area contributed by atoms with Gasteiger partial charge in [0, 0.05) is 17.1 Å². The van der Waals surface area contributed by atoms with Crippen molar-refractivity contribution in [1.82, 2.24) is 9.97 Å². The first-order valence-corrected chi connectivity index (χ1v) is 7.27. The van der Waals surface area contributed by atoms with E-state index in [4.69, 9.17) is 16.3 Å². The quantitative estimate of drug-likeness (QED) is 0.641. The Morgan fingerprint density at radius 1 is 1.47 bits per heavy atom. The molecule has 0 N–H and O–H groups in total. The molecule has 0 fully saturated rings. The smallest absolute Gasteiger partial charge is 0.341 e. The zero-order valence-corrected chi connectivity index (χ0v) is 12.2. The highest BCUT2D eigenvalue weighted by Gasteiger charge is 2.16. The molecule has 2 aromatic heterocycles. The molecule has 0 unspecified atom stereocenters. The molecule has 100 valence electrons. The lowest BCUT2D eigenvalue weighted by Crippen LogP contribution is -2.10. The van der Waals surface area contributed by atoms with Gasteiger partial charge in [-0.2, -0.15) is 11.3 Å². The topological polar surface area (TPSA) is 52.1 Å². The summed E-state index contributed by atoms with van der Waals surface area (Å²) in [6.07, 6.45) is 1.48. The molecule has 6 heteroatoms. The monoisotopic (exact) mass is 296 g/mol. The van der Waals surface area contributed by atoms with Crippen LogP contribution in [0.25, 0.3) is 11.4 Å². The summed E-state index contributed by atoms with van der Waals surface area (Å²) in [5.41, 5.74) is 2.89. The van der Waals surface area contributed by atoms with Crippen molar-refractivity contribution in [1.29, 1.82) is 0 Å². The number of thiophene rings is 1. The van der Waals surface area contributed by atoms with E-state index in [0.717, 1.165) is 11.1 Å². The normalized spacial score (nSPS) is 10.5. The second kappa shape index (κ2) is 6.12. The maximum absolute atomic E-state index is 11.7. The summed E-state index contributed by atoms with van der Waals surface area (Å²) in [6, 6.07) is 0. The Labute approximate surface area is 120 Å². The third-order valence-electron chi connectivity index (χ3n) is 2.59. The fourth-order valence-corrected chi connectivity index (χ4v) is 2.65. The Morgan fingerprint density at radius 3 is 2.84 bits per heavy atom. The summed E-state index contributed by atoms with van der Waals surface area (Å²) >= 11 is 7.44. The van der Waals surface area contributed by atoms with E-state index in [0.29, 0.717) is 23.7 Å². The van der Waals surface area contributed by atoms with Crippen molar-refractivity contribution in [3.05, 3.63) is 33.8 Å². The van der Waals surface area contributed by atoms with Crippen molar-refractivity contribution >= 4 is 28.9 Å². The van der Waals surface area contributed by atoms with Crippen LogP contribution in [0.5, 0.6) is 0 Å². The highest BCUT2D eigenvalue weighted by atomic mass is 35.5. The van der Waals surface area contributed by atoms with E-state index >= 15 is 0 Å². The molecular weight excluding hydrogens is 284 g/mol. The third kappa shape index (κ3) is 2.93. The van der Waals surface area contributed by atoms with Crippen molar-refractivity contribution in [2.75, 3.05) is 6.61 Å². The second-order valence-electron chi connectivity index (χ2n) is 3.88. The molecule has 0 saturated carbocycles. The molecule has 2 rings (SSSR count). The van der Waals surface area contributed by atoms with Crippen LogP contribution in [0, 0.1) is 6.92 Å². The average molecular weight is 297 g/mol. The standard InChI is InChI=1S/C13H13ClN2O2S/c1-3-18-13(17)9-5-15-12(16-11(9)4-14)10-7-19-6-8(10)2/h5-7H,3-4H2,1-2H3. The average Bonchev–Trinajstić information content (AvgIpc) is 2.84. The van der Waals surface area contributed by atoms with Gasteiger partial charge >= 0.3 is 5.97 Å². The van der Waals surface area contributed by atoms with Crippen LogP contribution in [0.2, 0.25) is 0 Å². The molecule has 0 aliphatic heterocycles. The van der Waals surface area contributed by atoms with Gasteiger partial charge in [0.2, 0.25) is 0 Å². The van der Waals surface area contributed by atoms with Crippen LogP contribution in [0.4, 0.5) is 0 Å². The molecule has 0 aliphatic rings. The number of rotatable bonds is 4. The molecule has 19 heavy (non-hydrogen) atoms. The highest BCUT2D eigenvalue weighted by molar-refractivity contribution is 7.08. The van der Waals surface area contributed by atoms with Crippen molar-refractivity contribution < 1.29 is 9.53 Å². The minimum Gasteiger partial charge on any atom is -0.462 e. The number of halogens is 1.